The van der Waals surface area contributed by atoms with Crippen molar-refractivity contribution in [3.63, 3.8) is 0 Å². The molecule has 7 atom stereocenters. The number of nitrogens with one attached hydrogen (secondary N) is 2. The molecule has 2 saturated heterocycles. The maximum Gasteiger partial charge on any atom is 0.156 e. The minimum absolute atomic E-state index is 0.799. The van der Waals surface area contributed by atoms with Crippen molar-refractivity contribution in [3.05, 3.63) is 0 Å². The highest BCUT2D eigenvalue weighted by atomic mass is 15.0. The van der Waals surface area contributed by atoms with E-state index in [4.69, 9.17) is 0 Å². The van der Waals surface area contributed by atoms with Gasteiger partial charge in [-0.25, -0.2) is 0 Å². The fourth-order valence-corrected chi connectivity index (χ4v) is 9.18. The zero-order valence-electron chi connectivity index (χ0n) is 21.2. The minimum atomic E-state index is 0.799. The molecule has 0 bridgehead atoms. The third-order valence-corrected chi connectivity index (χ3v) is 10.6. The Balaban J connectivity index is 1.47. The van der Waals surface area contributed by atoms with Crippen LogP contribution in [0.5, 0.6) is 0 Å². The molecule has 0 aromatic rings. The molecule has 7 unspecified atom stereocenters. The molecule has 0 amide bonds. The van der Waals surface area contributed by atoms with Crippen molar-refractivity contribution in [1.82, 2.24) is 10.6 Å². The van der Waals surface area contributed by atoms with E-state index in [1.165, 1.54) is 141 Å². The molecule has 32 heavy (non-hydrogen) atoms. The molecule has 0 radical (unpaired) electrons. The van der Waals surface area contributed by atoms with Gasteiger partial charge < -0.3 is 10.6 Å². The molecule has 5 aliphatic rings. The third kappa shape index (κ3) is 5.61. The third-order valence-electron chi connectivity index (χ3n) is 10.6. The van der Waals surface area contributed by atoms with Crippen molar-refractivity contribution in [2.45, 2.75) is 183 Å². The van der Waals surface area contributed by atoms with Gasteiger partial charge in [0.1, 0.15) is 0 Å². The quantitative estimate of drug-likeness (QED) is 0.374. The second-order valence-electron chi connectivity index (χ2n) is 12.6. The Morgan fingerprint density at radius 1 is 0.344 bits per heavy atom. The van der Waals surface area contributed by atoms with Crippen LogP contribution in [0, 0.1) is 0 Å². The van der Waals surface area contributed by atoms with Crippen LogP contribution in [0.1, 0.15) is 141 Å². The highest BCUT2D eigenvalue weighted by Crippen LogP contribution is 2.52. The average molecular weight is 441 g/mol. The van der Waals surface area contributed by atoms with Gasteiger partial charge in [-0.2, -0.15) is 0 Å². The average Bonchev–Trinajstić information content (AvgIpc) is 2.93. The molecule has 182 valence electrons. The Hall–Kier alpha value is -0.0151. The van der Waals surface area contributed by atoms with Gasteiger partial charge in [0.15, 0.2) is 6.71 Å². The summed E-state index contributed by atoms with van der Waals surface area (Å²) in [5, 5.41) is 8.82. The summed E-state index contributed by atoms with van der Waals surface area (Å²) in [5.74, 6) is 2.85. The largest absolute Gasteiger partial charge is 0.312 e. The van der Waals surface area contributed by atoms with Crippen molar-refractivity contribution in [2.24, 2.45) is 0 Å². The van der Waals surface area contributed by atoms with Crippen molar-refractivity contribution in [2.75, 3.05) is 0 Å². The predicted molar refractivity (Wildman–Crippen MR) is 140 cm³/mol. The Kier molecular flexibility index (Phi) is 8.97. The van der Waals surface area contributed by atoms with Crippen molar-refractivity contribution in [1.29, 1.82) is 0 Å². The van der Waals surface area contributed by atoms with Gasteiger partial charge in [-0.05, 0) is 43.1 Å². The van der Waals surface area contributed by atoms with E-state index in [9.17, 15) is 0 Å². The van der Waals surface area contributed by atoms with Gasteiger partial charge in [0.05, 0.1) is 0 Å². The summed E-state index contributed by atoms with van der Waals surface area (Å²) >= 11 is 0. The standard InChI is InChI=1S/C29H53BN2/c1-2-7-13-19-25-23(17-11-5-1)30-24-18-12-6-3-8-14-20-26(24)32-28-22-16-10-4-9-15-21-27(31-25)29(28)30/h23-29,31-32H,1-22H2. The number of fused-ring (bicyclic) bond motifs is 4. The summed E-state index contributed by atoms with van der Waals surface area (Å²) in [4.78, 5) is 0. The lowest BCUT2D eigenvalue weighted by molar-refractivity contribution is 0.219. The summed E-state index contributed by atoms with van der Waals surface area (Å²) in [6.45, 7) is 1.01. The summed E-state index contributed by atoms with van der Waals surface area (Å²) in [7, 11) is 0. The summed E-state index contributed by atoms with van der Waals surface area (Å²) in [6.07, 6.45) is 32.7. The van der Waals surface area contributed by atoms with E-state index in [0.717, 1.165) is 48.3 Å². The molecule has 3 saturated carbocycles. The molecule has 2 heterocycles. The molecule has 0 aromatic heterocycles. The van der Waals surface area contributed by atoms with Gasteiger partial charge in [0.2, 0.25) is 0 Å². The fraction of sp³-hybridized carbons (Fsp3) is 1.00. The van der Waals surface area contributed by atoms with Gasteiger partial charge in [0.25, 0.3) is 0 Å². The van der Waals surface area contributed by atoms with Crippen LogP contribution in [0.25, 0.3) is 0 Å². The minimum Gasteiger partial charge on any atom is -0.312 e. The Morgan fingerprint density at radius 2 is 0.656 bits per heavy atom. The maximum atomic E-state index is 4.41. The Labute approximate surface area is 200 Å². The summed E-state index contributed by atoms with van der Waals surface area (Å²) in [5.41, 5.74) is 0. The van der Waals surface area contributed by atoms with Crippen LogP contribution in [-0.2, 0) is 0 Å². The van der Waals surface area contributed by atoms with E-state index < -0.39 is 0 Å². The van der Waals surface area contributed by atoms with Crippen LogP contribution < -0.4 is 10.6 Å². The first-order chi connectivity index (χ1) is 15.9. The highest BCUT2D eigenvalue weighted by Gasteiger charge is 2.55. The SMILES string of the molecule is C1CCCCC2B3C4CCCCCCCC4NC4CCCCCCCC(NC2CCC1)C34. The summed E-state index contributed by atoms with van der Waals surface area (Å²) < 4.78 is 0. The first-order valence-corrected chi connectivity index (χ1v) is 15.4. The van der Waals surface area contributed by atoms with Gasteiger partial charge >= 0.3 is 0 Å². The smallest absolute Gasteiger partial charge is 0.156 e. The summed E-state index contributed by atoms with van der Waals surface area (Å²) in [6, 6.07) is 3.26. The van der Waals surface area contributed by atoms with Crippen LogP contribution in [-0.4, -0.2) is 30.9 Å². The molecule has 5 fully saturated rings. The van der Waals surface area contributed by atoms with Gasteiger partial charge in [-0.1, -0.05) is 116 Å². The molecule has 2 N–H and O–H groups in total. The predicted octanol–water partition coefficient (Wildman–Crippen LogP) is 7.90. The lowest BCUT2D eigenvalue weighted by Crippen LogP contribution is -2.68. The van der Waals surface area contributed by atoms with Crippen LogP contribution in [0.15, 0.2) is 0 Å². The van der Waals surface area contributed by atoms with Crippen molar-refractivity contribution < 1.29 is 0 Å². The molecule has 3 aliphatic carbocycles. The molecule has 2 aliphatic heterocycles. The van der Waals surface area contributed by atoms with E-state index >= 15 is 0 Å². The van der Waals surface area contributed by atoms with Crippen LogP contribution in [0.2, 0.25) is 17.5 Å². The molecular weight excluding hydrogens is 387 g/mol. The number of hydrogen-bond donors (Lipinski definition) is 2. The Morgan fingerprint density at radius 3 is 1.06 bits per heavy atom. The Bertz CT molecular complexity index is 553. The van der Waals surface area contributed by atoms with Crippen LogP contribution in [0.4, 0.5) is 0 Å². The van der Waals surface area contributed by atoms with Crippen molar-refractivity contribution >= 4 is 6.71 Å². The van der Waals surface area contributed by atoms with Crippen LogP contribution in [0.3, 0.4) is 0 Å². The first kappa shape index (κ1) is 23.7. The van der Waals surface area contributed by atoms with E-state index in [1.807, 2.05) is 0 Å². The topological polar surface area (TPSA) is 24.1 Å². The van der Waals surface area contributed by atoms with Crippen LogP contribution >= 0.6 is 0 Å². The molecular formula is C29H53BN2. The van der Waals surface area contributed by atoms with Gasteiger partial charge in [-0.15, -0.1) is 0 Å². The lowest BCUT2D eigenvalue weighted by atomic mass is 9.20. The van der Waals surface area contributed by atoms with E-state index in [1.54, 1.807) is 0 Å². The molecule has 0 aromatic carbocycles. The fourth-order valence-electron chi connectivity index (χ4n) is 9.18. The number of rotatable bonds is 0. The molecule has 5 rings (SSSR count). The van der Waals surface area contributed by atoms with Gasteiger partial charge in [0, 0.05) is 24.2 Å². The highest BCUT2D eigenvalue weighted by molar-refractivity contribution is 6.65. The lowest BCUT2D eigenvalue weighted by Gasteiger charge is -2.58. The van der Waals surface area contributed by atoms with E-state index in [2.05, 4.69) is 10.6 Å². The van der Waals surface area contributed by atoms with Crippen molar-refractivity contribution in [3.8, 4) is 0 Å². The second kappa shape index (κ2) is 12.1. The zero-order chi connectivity index (χ0) is 21.6. The first-order valence-electron chi connectivity index (χ1n) is 15.4. The van der Waals surface area contributed by atoms with E-state index in [-0.39, 0.29) is 0 Å². The number of hydrogen-bond acceptors (Lipinski definition) is 2. The molecule has 2 nitrogen and oxygen atoms in total. The zero-order valence-corrected chi connectivity index (χ0v) is 21.2. The second-order valence-corrected chi connectivity index (χ2v) is 12.6. The molecule has 3 heteroatoms. The van der Waals surface area contributed by atoms with E-state index in [0.29, 0.717) is 0 Å². The maximum absolute atomic E-state index is 4.41. The van der Waals surface area contributed by atoms with Gasteiger partial charge in [-0.3, -0.25) is 0 Å². The monoisotopic (exact) mass is 440 g/mol. The normalized spacial score (nSPS) is 42.8. The molecule has 0 spiro atoms.